The van der Waals surface area contributed by atoms with Gasteiger partial charge in [-0.1, -0.05) is 55.6 Å². The van der Waals surface area contributed by atoms with Crippen LogP contribution in [-0.4, -0.2) is 43.8 Å². The Morgan fingerprint density at radius 1 is 1.35 bits per heavy atom. The molecule has 0 N–H and O–H groups in total. The van der Waals surface area contributed by atoms with Crippen LogP contribution < -0.4 is 4.90 Å². The van der Waals surface area contributed by atoms with Crippen molar-refractivity contribution in [1.82, 2.24) is 4.90 Å². The number of carbonyl (C=O) groups is 2. The number of urea groups is 1. The fourth-order valence-corrected chi connectivity index (χ4v) is 2.72. The number of anilines is 1. The Balaban J connectivity index is 2.53. The molecule has 1 unspecified atom stereocenters. The normalized spacial score (nSPS) is 17.8. The SMILES string of the molecule is C#CCCN1C(=O)C(=NC(Cl)C(Br)(Br)CCl)N(c2ccccc2F)C1=O. The number of hydrogen-bond acceptors (Lipinski definition) is 3. The van der Waals surface area contributed by atoms with E-state index in [-0.39, 0.29) is 30.4 Å². The monoisotopic (exact) mass is 525 g/mol. The molecule has 5 nitrogen and oxygen atoms in total. The minimum atomic E-state index is -1.06. The van der Waals surface area contributed by atoms with E-state index in [4.69, 9.17) is 29.6 Å². The Hall–Kier alpha value is -1.14. The average molecular weight is 528 g/mol. The van der Waals surface area contributed by atoms with E-state index in [2.05, 4.69) is 42.8 Å². The van der Waals surface area contributed by atoms with Gasteiger partial charge in [0, 0.05) is 13.0 Å². The molecule has 1 aliphatic rings. The van der Waals surface area contributed by atoms with Crippen LogP contribution in [0.2, 0.25) is 0 Å². The molecule has 10 heteroatoms. The summed E-state index contributed by atoms with van der Waals surface area (Å²) in [4.78, 5) is 31.3. The molecule has 0 spiro atoms. The molecule has 138 valence electrons. The second-order valence-electron chi connectivity index (χ2n) is 5.16. The van der Waals surface area contributed by atoms with Gasteiger partial charge in [0.1, 0.15) is 9.05 Å². The highest BCUT2D eigenvalue weighted by Crippen LogP contribution is 2.37. The lowest BCUT2D eigenvalue weighted by molar-refractivity contribution is -0.120. The van der Waals surface area contributed by atoms with E-state index in [1.165, 1.54) is 24.3 Å². The minimum Gasteiger partial charge on any atom is -0.265 e. The second-order valence-corrected chi connectivity index (χ2v) is 9.74. The van der Waals surface area contributed by atoms with Gasteiger partial charge in [0.15, 0.2) is 5.50 Å². The van der Waals surface area contributed by atoms with Gasteiger partial charge in [-0.25, -0.2) is 19.1 Å². The van der Waals surface area contributed by atoms with Gasteiger partial charge in [0.05, 0.1) is 11.6 Å². The average Bonchev–Trinajstić information content (AvgIpc) is 2.84. The van der Waals surface area contributed by atoms with E-state index < -0.39 is 26.5 Å². The number of aliphatic imine (C=N–C) groups is 1. The van der Waals surface area contributed by atoms with Crippen molar-refractivity contribution in [1.29, 1.82) is 0 Å². The Kier molecular flexibility index (Phi) is 7.08. The van der Waals surface area contributed by atoms with Gasteiger partial charge < -0.3 is 0 Å². The molecule has 0 aromatic heterocycles. The number of alkyl halides is 4. The molecule has 0 saturated carbocycles. The first-order chi connectivity index (χ1) is 12.2. The summed E-state index contributed by atoms with van der Waals surface area (Å²) in [6.45, 7) is -0.0195. The molecule has 1 atom stereocenters. The van der Waals surface area contributed by atoms with Crippen molar-refractivity contribution < 1.29 is 14.0 Å². The molecule has 26 heavy (non-hydrogen) atoms. The third kappa shape index (κ3) is 4.22. The summed E-state index contributed by atoms with van der Waals surface area (Å²) < 4.78 is 13.2. The van der Waals surface area contributed by atoms with E-state index in [1.807, 2.05) is 0 Å². The number of amides is 3. The van der Waals surface area contributed by atoms with Crippen molar-refractivity contribution >= 4 is 78.5 Å². The van der Waals surface area contributed by atoms with Crippen molar-refractivity contribution in [3.8, 4) is 12.3 Å². The van der Waals surface area contributed by atoms with Gasteiger partial charge in [-0.3, -0.25) is 9.69 Å². The molecule has 1 saturated heterocycles. The second kappa shape index (κ2) is 8.70. The molecule has 1 aromatic rings. The quantitative estimate of drug-likeness (QED) is 0.240. The Morgan fingerprint density at radius 2 is 2.00 bits per heavy atom. The molecular weight excluding hydrogens is 516 g/mol. The molecule has 1 aromatic carbocycles. The third-order valence-electron chi connectivity index (χ3n) is 3.41. The van der Waals surface area contributed by atoms with E-state index in [0.29, 0.717) is 0 Å². The minimum absolute atomic E-state index is 0.0145. The number of terminal acetylenes is 1. The molecule has 2 rings (SSSR count). The molecule has 0 radical (unpaired) electrons. The van der Waals surface area contributed by atoms with Crippen LogP contribution in [0.15, 0.2) is 29.3 Å². The number of rotatable bonds is 6. The Labute approximate surface area is 176 Å². The van der Waals surface area contributed by atoms with Crippen LogP contribution in [0.1, 0.15) is 6.42 Å². The van der Waals surface area contributed by atoms with Crippen molar-refractivity contribution in [3.63, 3.8) is 0 Å². The van der Waals surface area contributed by atoms with Crippen molar-refractivity contribution in [2.45, 2.75) is 15.2 Å². The van der Waals surface area contributed by atoms with Crippen molar-refractivity contribution in [3.05, 3.63) is 30.1 Å². The lowest BCUT2D eigenvalue weighted by Crippen LogP contribution is -2.35. The topological polar surface area (TPSA) is 53.0 Å². The van der Waals surface area contributed by atoms with E-state index in [0.717, 1.165) is 9.80 Å². The highest BCUT2D eigenvalue weighted by atomic mass is 79.9. The fourth-order valence-electron chi connectivity index (χ4n) is 2.12. The van der Waals surface area contributed by atoms with Crippen LogP contribution in [0.3, 0.4) is 0 Å². The van der Waals surface area contributed by atoms with Crippen LogP contribution in [-0.2, 0) is 4.79 Å². The van der Waals surface area contributed by atoms with E-state index in [9.17, 15) is 14.0 Å². The number of carbonyl (C=O) groups excluding carboxylic acids is 2. The lowest BCUT2D eigenvalue weighted by atomic mass is 10.3. The fraction of sp³-hybridized carbons (Fsp3) is 0.312. The van der Waals surface area contributed by atoms with Crippen LogP contribution in [0.25, 0.3) is 0 Å². The largest absolute Gasteiger partial charge is 0.337 e. The number of halogens is 5. The Morgan fingerprint density at radius 3 is 2.58 bits per heavy atom. The van der Waals surface area contributed by atoms with Gasteiger partial charge in [-0.2, -0.15) is 0 Å². The molecular formula is C16H12Br2Cl2FN3O2. The first-order valence-corrected chi connectivity index (χ1v) is 9.80. The Bertz CT molecular complexity index is 798. The van der Waals surface area contributed by atoms with Crippen LogP contribution in [0.4, 0.5) is 14.9 Å². The summed E-state index contributed by atoms with van der Waals surface area (Å²) in [7, 11) is 0. The number of benzene rings is 1. The van der Waals surface area contributed by atoms with Crippen LogP contribution in [0, 0.1) is 18.2 Å². The van der Waals surface area contributed by atoms with Gasteiger partial charge in [0.25, 0.3) is 5.91 Å². The molecule has 1 fully saturated rings. The molecule has 1 aliphatic heterocycles. The molecule has 0 bridgehead atoms. The zero-order chi connectivity index (χ0) is 19.5. The highest BCUT2D eigenvalue weighted by molar-refractivity contribution is 9.25. The predicted molar refractivity (Wildman–Crippen MR) is 108 cm³/mol. The summed E-state index contributed by atoms with van der Waals surface area (Å²) in [6, 6.07) is 4.78. The number of para-hydroxylation sites is 1. The number of imide groups is 1. The molecule has 1 heterocycles. The zero-order valence-electron chi connectivity index (χ0n) is 13.1. The molecule has 0 aliphatic carbocycles. The van der Waals surface area contributed by atoms with Crippen molar-refractivity contribution in [2.75, 3.05) is 17.3 Å². The zero-order valence-corrected chi connectivity index (χ0v) is 17.8. The van der Waals surface area contributed by atoms with Crippen LogP contribution in [0.5, 0.6) is 0 Å². The maximum atomic E-state index is 14.2. The molecule has 3 amide bonds. The summed E-state index contributed by atoms with van der Waals surface area (Å²) in [5.41, 5.74) is -1.18. The number of nitrogens with zero attached hydrogens (tertiary/aromatic N) is 3. The van der Waals surface area contributed by atoms with Gasteiger partial charge >= 0.3 is 6.03 Å². The van der Waals surface area contributed by atoms with Crippen LogP contribution >= 0.6 is 55.1 Å². The summed E-state index contributed by atoms with van der Waals surface area (Å²) in [6.07, 6.45) is 5.36. The van der Waals surface area contributed by atoms with Crippen molar-refractivity contribution in [2.24, 2.45) is 4.99 Å². The van der Waals surface area contributed by atoms with Gasteiger partial charge in [-0.15, -0.1) is 23.9 Å². The smallest absolute Gasteiger partial charge is 0.265 e. The standard InChI is InChI=1S/C16H12Br2Cl2FN3O2/c1-2-3-8-23-13(25)12(22-14(20)16(17,18)9-19)24(15(23)26)11-7-5-4-6-10(11)21/h1,4-7,14H,3,8-9H2. The third-order valence-corrected chi connectivity index (χ3v) is 6.90. The first kappa shape index (κ1) is 21.2. The summed E-state index contributed by atoms with van der Waals surface area (Å²) in [5, 5.41) is 0. The van der Waals surface area contributed by atoms with Gasteiger partial charge in [-0.05, 0) is 12.1 Å². The summed E-state index contributed by atoms with van der Waals surface area (Å²) >= 11 is 18.5. The number of amidine groups is 1. The summed E-state index contributed by atoms with van der Waals surface area (Å²) in [5.74, 6) is 0.648. The highest BCUT2D eigenvalue weighted by Gasteiger charge is 2.45. The lowest BCUT2D eigenvalue weighted by Gasteiger charge is -2.22. The number of hydrogen-bond donors (Lipinski definition) is 0. The predicted octanol–water partition coefficient (Wildman–Crippen LogP) is 4.31. The maximum Gasteiger partial charge on any atom is 0.337 e. The first-order valence-electron chi connectivity index (χ1n) is 7.24. The maximum absolute atomic E-state index is 14.2. The van der Waals surface area contributed by atoms with E-state index in [1.54, 1.807) is 0 Å². The van der Waals surface area contributed by atoms with E-state index >= 15 is 0 Å². The van der Waals surface area contributed by atoms with Gasteiger partial charge in [0.2, 0.25) is 5.84 Å².